The Morgan fingerprint density at radius 2 is 2.22 bits per heavy atom. The molecule has 1 heterocycles. The fourth-order valence-corrected chi connectivity index (χ4v) is 2.60. The number of carbonyl (C=O) groups is 1. The van der Waals surface area contributed by atoms with Crippen LogP contribution in [0.15, 0.2) is 12.5 Å². The van der Waals surface area contributed by atoms with Crippen LogP contribution < -0.4 is 0 Å². The molecule has 0 radical (unpaired) electrons. The predicted molar refractivity (Wildman–Crippen MR) is 69.4 cm³/mol. The van der Waals surface area contributed by atoms with E-state index in [1.165, 1.54) is 38.5 Å². The first-order valence-electron chi connectivity index (χ1n) is 6.98. The molecule has 4 nitrogen and oxygen atoms in total. The van der Waals surface area contributed by atoms with Gasteiger partial charge < -0.3 is 9.30 Å². The van der Waals surface area contributed by atoms with E-state index in [0.29, 0.717) is 12.3 Å². The van der Waals surface area contributed by atoms with E-state index >= 15 is 0 Å². The number of imidazole rings is 1. The Morgan fingerprint density at radius 1 is 1.44 bits per heavy atom. The van der Waals surface area contributed by atoms with Crippen molar-refractivity contribution in [3.05, 3.63) is 18.2 Å². The second-order valence-electron chi connectivity index (χ2n) is 5.01. The molecule has 4 heteroatoms. The van der Waals surface area contributed by atoms with E-state index in [-0.39, 0.29) is 5.97 Å². The third-order valence-electron chi connectivity index (χ3n) is 3.64. The number of hydrogen-bond acceptors (Lipinski definition) is 3. The maximum Gasteiger partial charge on any atom is 0.358 e. The quantitative estimate of drug-likeness (QED) is 0.754. The fourth-order valence-electron chi connectivity index (χ4n) is 2.60. The van der Waals surface area contributed by atoms with Crippen molar-refractivity contribution in [1.82, 2.24) is 9.55 Å². The van der Waals surface area contributed by atoms with Gasteiger partial charge in [-0.1, -0.05) is 32.1 Å². The Balaban J connectivity index is 1.80. The number of ether oxygens (including phenoxy) is 1. The lowest BCUT2D eigenvalue weighted by Crippen LogP contribution is -2.09. The van der Waals surface area contributed by atoms with Crippen molar-refractivity contribution in [2.45, 2.75) is 52.0 Å². The van der Waals surface area contributed by atoms with Gasteiger partial charge >= 0.3 is 5.97 Å². The Hall–Kier alpha value is -1.32. The number of rotatable bonds is 5. The van der Waals surface area contributed by atoms with Gasteiger partial charge in [0.05, 0.1) is 12.9 Å². The van der Waals surface area contributed by atoms with E-state index in [1.807, 2.05) is 4.57 Å². The average Bonchev–Trinajstić information content (AvgIpc) is 2.87. The summed E-state index contributed by atoms with van der Waals surface area (Å²) in [4.78, 5) is 15.6. The molecule has 0 saturated heterocycles. The molecule has 0 amide bonds. The standard InChI is InChI=1S/C14H22N2O2/c1-2-18-14(17)13-10-16(11-15-13)9-8-12-6-4-3-5-7-12/h10-12H,2-9H2,1H3. The summed E-state index contributed by atoms with van der Waals surface area (Å²) in [6.45, 7) is 3.16. The maximum atomic E-state index is 11.5. The van der Waals surface area contributed by atoms with Gasteiger partial charge in [-0.15, -0.1) is 0 Å². The van der Waals surface area contributed by atoms with E-state index < -0.39 is 0 Å². The fraction of sp³-hybridized carbons (Fsp3) is 0.714. The summed E-state index contributed by atoms with van der Waals surface area (Å²) < 4.78 is 6.92. The van der Waals surface area contributed by atoms with Crippen molar-refractivity contribution >= 4 is 5.97 Å². The molecule has 100 valence electrons. The molecule has 0 spiro atoms. The molecule has 1 aromatic heterocycles. The van der Waals surface area contributed by atoms with Crippen LogP contribution in [0.5, 0.6) is 0 Å². The Kier molecular flexibility index (Phi) is 4.79. The normalized spacial score (nSPS) is 16.7. The monoisotopic (exact) mass is 250 g/mol. The minimum absolute atomic E-state index is 0.325. The number of aromatic nitrogens is 2. The lowest BCUT2D eigenvalue weighted by atomic mass is 9.87. The summed E-state index contributed by atoms with van der Waals surface area (Å²) in [6, 6.07) is 0. The smallest absolute Gasteiger partial charge is 0.358 e. The first kappa shape index (κ1) is 13.1. The third kappa shape index (κ3) is 3.59. The molecule has 0 aliphatic heterocycles. The van der Waals surface area contributed by atoms with Gasteiger partial charge in [-0.05, 0) is 19.3 Å². The van der Waals surface area contributed by atoms with E-state index in [1.54, 1.807) is 19.4 Å². The van der Waals surface area contributed by atoms with E-state index in [9.17, 15) is 4.79 Å². The molecule has 0 bridgehead atoms. The zero-order chi connectivity index (χ0) is 12.8. The molecule has 2 rings (SSSR count). The maximum absolute atomic E-state index is 11.5. The van der Waals surface area contributed by atoms with Gasteiger partial charge in [0.1, 0.15) is 0 Å². The van der Waals surface area contributed by atoms with Crippen molar-refractivity contribution in [3.8, 4) is 0 Å². The summed E-state index contributed by atoms with van der Waals surface area (Å²) in [6.07, 6.45) is 11.6. The van der Waals surface area contributed by atoms with Crippen molar-refractivity contribution in [2.75, 3.05) is 6.61 Å². The van der Waals surface area contributed by atoms with E-state index in [2.05, 4.69) is 4.98 Å². The third-order valence-corrected chi connectivity index (χ3v) is 3.64. The van der Waals surface area contributed by atoms with Gasteiger partial charge in [-0.3, -0.25) is 0 Å². The molecule has 0 N–H and O–H groups in total. The number of nitrogens with zero attached hydrogens (tertiary/aromatic N) is 2. The zero-order valence-corrected chi connectivity index (χ0v) is 11.1. The highest BCUT2D eigenvalue weighted by Gasteiger charge is 2.14. The number of esters is 1. The van der Waals surface area contributed by atoms with Crippen molar-refractivity contribution in [1.29, 1.82) is 0 Å². The van der Waals surface area contributed by atoms with Gasteiger partial charge in [0.25, 0.3) is 0 Å². The van der Waals surface area contributed by atoms with Crippen LogP contribution in [0.1, 0.15) is 55.9 Å². The van der Waals surface area contributed by atoms with Gasteiger partial charge in [-0.2, -0.15) is 0 Å². The zero-order valence-electron chi connectivity index (χ0n) is 11.1. The van der Waals surface area contributed by atoms with E-state index in [4.69, 9.17) is 4.74 Å². The summed E-state index contributed by atoms with van der Waals surface area (Å²) in [7, 11) is 0. The molecule has 1 aliphatic carbocycles. The molecule has 1 aliphatic rings. The van der Waals surface area contributed by atoms with Crippen LogP contribution in [0.3, 0.4) is 0 Å². The van der Waals surface area contributed by atoms with Crippen LogP contribution in [-0.2, 0) is 11.3 Å². The summed E-state index contributed by atoms with van der Waals surface area (Å²) in [5.41, 5.74) is 0.417. The molecule has 0 unspecified atom stereocenters. The van der Waals surface area contributed by atoms with Crippen molar-refractivity contribution < 1.29 is 9.53 Å². The molecular formula is C14H22N2O2. The lowest BCUT2D eigenvalue weighted by molar-refractivity contribution is 0.0520. The van der Waals surface area contributed by atoms with Crippen LogP contribution in [0, 0.1) is 5.92 Å². The second kappa shape index (κ2) is 6.57. The van der Waals surface area contributed by atoms with Crippen molar-refractivity contribution in [2.24, 2.45) is 5.92 Å². The molecule has 0 atom stereocenters. The summed E-state index contributed by atoms with van der Waals surface area (Å²) in [5, 5.41) is 0. The topological polar surface area (TPSA) is 44.1 Å². The van der Waals surface area contributed by atoms with Crippen LogP contribution in [0.25, 0.3) is 0 Å². The summed E-state index contributed by atoms with van der Waals surface area (Å²) in [5.74, 6) is 0.529. The van der Waals surface area contributed by atoms with E-state index in [0.717, 1.165) is 12.5 Å². The highest BCUT2D eigenvalue weighted by Crippen LogP contribution is 2.26. The van der Waals surface area contributed by atoms with Crippen LogP contribution in [0.2, 0.25) is 0 Å². The highest BCUT2D eigenvalue weighted by molar-refractivity contribution is 5.86. The Labute approximate surface area is 108 Å². The van der Waals surface area contributed by atoms with Gasteiger partial charge in [0, 0.05) is 12.7 Å². The van der Waals surface area contributed by atoms with Crippen LogP contribution >= 0.6 is 0 Å². The summed E-state index contributed by atoms with van der Waals surface area (Å²) >= 11 is 0. The van der Waals surface area contributed by atoms with Crippen molar-refractivity contribution in [3.63, 3.8) is 0 Å². The minimum Gasteiger partial charge on any atom is -0.461 e. The Bertz CT molecular complexity index is 381. The minimum atomic E-state index is -0.325. The largest absolute Gasteiger partial charge is 0.461 e. The van der Waals surface area contributed by atoms with Gasteiger partial charge in [0.15, 0.2) is 5.69 Å². The average molecular weight is 250 g/mol. The van der Waals surface area contributed by atoms with Gasteiger partial charge in [-0.25, -0.2) is 9.78 Å². The molecule has 18 heavy (non-hydrogen) atoms. The molecule has 1 fully saturated rings. The lowest BCUT2D eigenvalue weighted by Gasteiger charge is -2.21. The number of carbonyl (C=O) groups excluding carboxylic acids is 1. The molecule has 0 aromatic carbocycles. The first-order chi connectivity index (χ1) is 8.79. The molecular weight excluding hydrogens is 228 g/mol. The predicted octanol–water partition coefficient (Wildman–Crippen LogP) is 3.03. The number of hydrogen-bond donors (Lipinski definition) is 0. The Morgan fingerprint density at radius 3 is 2.94 bits per heavy atom. The van der Waals surface area contributed by atoms with Crippen LogP contribution in [-0.4, -0.2) is 22.1 Å². The van der Waals surface area contributed by atoms with Gasteiger partial charge in [0.2, 0.25) is 0 Å². The SMILES string of the molecule is CCOC(=O)c1cn(CCC2CCCCC2)cn1. The van der Waals surface area contributed by atoms with Crippen LogP contribution in [0.4, 0.5) is 0 Å². The number of aryl methyl sites for hydroxylation is 1. The molecule has 1 aromatic rings. The first-order valence-corrected chi connectivity index (χ1v) is 6.98. The second-order valence-corrected chi connectivity index (χ2v) is 5.01. The molecule has 1 saturated carbocycles. The highest BCUT2D eigenvalue weighted by atomic mass is 16.5.